The highest BCUT2D eigenvalue weighted by atomic mass is 32.1. The molecule has 0 radical (unpaired) electrons. The summed E-state index contributed by atoms with van der Waals surface area (Å²) in [6.45, 7) is 0. The second-order valence-electron chi connectivity index (χ2n) is 7.31. The van der Waals surface area contributed by atoms with Crippen molar-refractivity contribution in [2.45, 2.75) is 12.1 Å². The normalized spacial score (nSPS) is 18.1. The summed E-state index contributed by atoms with van der Waals surface area (Å²) >= 11 is 5.84. The van der Waals surface area contributed by atoms with Gasteiger partial charge in [-0.3, -0.25) is 4.98 Å². The number of nitrogens with zero attached hydrogens (tertiary/aromatic N) is 3. The average molecular weight is 427 g/mol. The standard InChI is InChI=1S/C25H22N4OS/c1-30-22-15-6-5-13-20(22)29-24(23(27-25(29)31)19-12-7-8-16-26-19)21-14-9-17-28(21)18-10-3-2-4-11-18/h2-17,23-24H,1H3,(H,27,31). The van der Waals surface area contributed by atoms with E-state index in [0.717, 1.165) is 28.5 Å². The van der Waals surface area contributed by atoms with Crippen LogP contribution in [0, 0.1) is 0 Å². The van der Waals surface area contributed by atoms with E-state index >= 15 is 0 Å². The summed E-state index contributed by atoms with van der Waals surface area (Å²) < 4.78 is 7.88. The SMILES string of the molecule is COc1ccccc1N1C(=S)NC(c2ccccn2)C1c1cccn1-c1ccccc1. The number of nitrogens with one attached hydrogen (secondary N) is 1. The molecule has 1 N–H and O–H groups in total. The van der Waals surface area contributed by atoms with E-state index < -0.39 is 0 Å². The molecule has 0 saturated carbocycles. The van der Waals surface area contributed by atoms with Crippen LogP contribution in [-0.4, -0.2) is 21.8 Å². The van der Waals surface area contributed by atoms with Crippen molar-refractivity contribution in [1.29, 1.82) is 0 Å². The van der Waals surface area contributed by atoms with Crippen molar-refractivity contribution < 1.29 is 4.74 Å². The smallest absolute Gasteiger partial charge is 0.174 e. The third kappa shape index (κ3) is 3.45. The zero-order chi connectivity index (χ0) is 21.2. The zero-order valence-electron chi connectivity index (χ0n) is 17.1. The summed E-state index contributed by atoms with van der Waals surface area (Å²) in [4.78, 5) is 6.78. The van der Waals surface area contributed by atoms with Gasteiger partial charge < -0.3 is 19.5 Å². The molecule has 6 heteroatoms. The van der Waals surface area contributed by atoms with Crippen molar-refractivity contribution in [3.63, 3.8) is 0 Å². The summed E-state index contributed by atoms with van der Waals surface area (Å²) in [5.41, 5.74) is 4.07. The predicted octanol–water partition coefficient (Wildman–Crippen LogP) is 5.06. The van der Waals surface area contributed by atoms with Gasteiger partial charge in [0.2, 0.25) is 0 Å². The molecule has 0 amide bonds. The number of rotatable bonds is 5. The molecular weight excluding hydrogens is 404 g/mol. The number of pyridine rings is 1. The number of methoxy groups -OCH3 is 1. The molecule has 4 aromatic rings. The molecule has 1 fully saturated rings. The summed E-state index contributed by atoms with van der Waals surface area (Å²) in [7, 11) is 1.68. The van der Waals surface area contributed by atoms with Gasteiger partial charge in [-0.25, -0.2) is 0 Å². The molecule has 1 aliphatic rings. The van der Waals surface area contributed by atoms with Gasteiger partial charge in [0, 0.05) is 23.8 Å². The Morgan fingerprint density at radius 1 is 0.903 bits per heavy atom. The zero-order valence-corrected chi connectivity index (χ0v) is 17.9. The molecule has 5 rings (SSSR count). The molecule has 0 bridgehead atoms. The van der Waals surface area contributed by atoms with E-state index in [1.807, 2.05) is 66.9 Å². The van der Waals surface area contributed by atoms with Crippen molar-refractivity contribution in [3.8, 4) is 11.4 Å². The number of hydrogen-bond acceptors (Lipinski definition) is 3. The molecule has 3 heterocycles. The third-order valence-corrected chi connectivity index (χ3v) is 5.88. The van der Waals surface area contributed by atoms with Gasteiger partial charge in [-0.15, -0.1) is 0 Å². The maximum absolute atomic E-state index is 5.84. The van der Waals surface area contributed by atoms with Crippen molar-refractivity contribution in [1.82, 2.24) is 14.9 Å². The van der Waals surface area contributed by atoms with Crippen LogP contribution in [0.3, 0.4) is 0 Å². The second kappa shape index (κ2) is 8.24. The molecule has 2 aromatic heterocycles. The van der Waals surface area contributed by atoms with Crippen LogP contribution in [0.2, 0.25) is 0 Å². The van der Waals surface area contributed by atoms with Gasteiger partial charge in [-0.05, 0) is 60.7 Å². The first-order chi connectivity index (χ1) is 15.3. The minimum absolute atomic E-state index is 0.115. The van der Waals surface area contributed by atoms with E-state index in [0.29, 0.717) is 5.11 Å². The second-order valence-corrected chi connectivity index (χ2v) is 7.69. The van der Waals surface area contributed by atoms with Gasteiger partial charge >= 0.3 is 0 Å². The lowest BCUT2D eigenvalue weighted by atomic mass is 10.0. The minimum Gasteiger partial charge on any atom is -0.495 e. The number of hydrogen-bond donors (Lipinski definition) is 1. The van der Waals surface area contributed by atoms with Crippen molar-refractivity contribution in [2.75, 3.05) is 12.0 Å². The van der Waals surface area contributed by atoms with Gasteiger partial charge in [-0.1, -0.05) is 36.4 Å². The summed E-state index contributed by atoms with van der Waals surface area (Å²) in [6.07, 6.45) is 3.90. The van der Waals surface area contributed by atoms with Crippen LogP contribution >= 0.6 is 12.2 Å². The topological polar surface area (TPSA) is 42.3 Å². The molecular formula is C25H22N4OS. The van der Waals surface area contributed by atoms with Gasteiger partial charge in [0.05, 0.1) is 24.5 Å². The number of aromatic nitrogens is 2. The van der Waals surface area contributed by atoms with Crippen molar-refractivity contribution in [2.24, 2.45) is 0 Å². The lowest BCUT2D eigenvalue weighted by Gasteiger charge is -2.29. The average Bonchev–Trinajstić information content (AvgIpc) is 3.44. The lowest BCUT2D eigenvalue weighted by Crippen LogP contribution is -2.30. The molecule has 2 atom stereocenters. The van der Waals surface area contributed by atoms with Crippen LogP contribution in [0.5, 0.6) is 5.75 Å². The Balaban J connectivity index is 1.69. The predicted molar refractivity (Wildman–Crippen MR) is 127 cm³/mol. The quantitative estimate of drug-likeness (QED) is 0.452. The van der Waals surface area contributed by atoms with E-state index in [4.69, 9.17) is 17.0 Å². The first kappa shape index (κ1) is 19.3. The number of thiocarbonyl (C=S) groups is 1. The van der Waals surface area contributed by atoms with E-state index in [2.05, 4.69) is 50.2 Å². The number of benzene rings is 2. The number of ether oxygens (including phenoxy) is 1. The lowest BCUT2D eigenvalue weighted by molar-refractivity contribution is 0.414. The monoisotopic (exact) mass is 426 g/mol. The van der Waals surface area contributed by atoms with Gasteiger partial charge in [-0.2, -0.15) is 0 Å². The van der Waals surface area contributed by atoms with E-state index in [1.54, 1.807) is 7.11 Å². The molecule has 5 nitrogen and oxygen atoms in total. The Labute approximate surface area is 186 Å². The molecule has 0 aliphatic carbocycles. The molecule has 1 aliphatic heterocycles. The van der Waals surface area contributed by atoms with E-state index in [1.165, 1.54) is 0 Å². The highest BCUT2D eigenvalue weighted by Gasteiger charge is 2.43. The Morgan fingerprint density at radius 2 is 1.68 bits per heavy atom. The van der Waals surface area contributed by atoms with Gasteiger partial charge in [0.25, 0.3) is 0 Å². The maximum Gasteiger partial charge on any atom is 0.174 e. The van der Waals surface area contributed by atoms with Crippen LogP contribution in [0.1, 0.15) is 23.5 Å². The Kier molecular flexibility index (Phi) is 5.14. The molecule has 2 aromatic carbocycles. The molecule has 2 unspecified atom stereocenters. The maximum atomic E-state index is 5.84. The fraction of sp³-hybridized carbons (Fsp3) is 0.120. The summed E-state index contributed by atoms with van der Waals surface area (Å²) in [5.74, 6) is 0.774. The van der Waals surface area contributed by atoms with Crippen molar-refractivity contribution in [3.05, 3.63) is 109 Å². The summed E-state index contributed by atoms with van der Waals surface area (Å²) in [6, 6.07) is 28.2. The number of anilines is 1. The first-order valence-electron chi connectivity index (χ1n) is 10.1. The van der Waals surface area contributed by atoms with E-state index in [-0.39, 0.29) is 12.1 Å². The molecule has 0 spiro atoms. The van der Waals surface area contributed by atoms with Crippen LogP contribution < -0.4 is 15.0 Å². The molecule has 31 heavy (non-hydrogen) atoms. The van der Waals surface area contributed by atoms with E-state index in [9.17, 15) is 0 Å². The minimum atomic E-state index is -0.117. The Bertz CT molecular complexity index is 1190. The largest absolute Gasteiger partial charge is 0.495 e. The Morgan fingerprint density at radius 3 is 2.45 bits per heavy atom. The van der Waals surface area contributed by atoms with Gasteiger partial charge in [0.15, 0.2) is 5.11 Å². The molecule has 154 valence electrons. The highest BCUT2D eigenvalue weighted by molar-refractivity contribution is 7.80. The highest BCUT2D eigenvalue weighted by Crippen LogP contribution is 2.44. The summed E-state index contributed by atoms with van der Waals surface area (Å²) in [5, 5.41) is 4.16. The van der Waals surface area contributed by atoms with Crippen molar-refractivity contribution >= 4 is 23.0 Å². The number of para-hydroxylation sites is 3. The fourth-order valence-corrected chi connectivity index (χ4v) is 4.54. The van der Waals surface area contributed by atoms with Crippen LogP contribution in [0.25, 0.3) is 5.69 Å². The third-order valence-electron chi connectivity index (χ3n) is 5.56. The van der Waals surface area contributed by atoms with Crippen LogP contribution in [0.4, 0.5) is 5.69 Å². The fourth-order valence-electron chi connectivity index (χ4n) is 4.20. The van der Waals surface area contributed by atoms with Crippen LogP contribution in [0.15, 0.2) is 97.3 Å². The Hall–Kier alpha value is -3.64. The first-order valence-corrected chi connectivity index (χ1v) is 10.5. The molecule has 1 saturated heterocycles. The van der Waals surface area contributed by atoms with Crippen LogP contribution in [-0.2, 0) is 0 Å². The van der Waals surface area contributed by atoms with Gasteiger partial charge in [0.1, 0.15) is 11.8 Å².